The molecule has 0 heterocycles. The van der Waals surface area contributed by atoms with Crippen molar-refractivity contribution < 1.29 is 13.9 Å². The second-order valence-electron chi connectivity index (χ2n) is 4.21. The Morgan fingerprint density at radius 3 is 2.55 bits per heavy atom. The SMILES string of the molecule is O=C(COc1ccc(Cl)cc1Br)Cc1ccc(F)cc1. The fourth-order valence-corrected chi connectivity index (χ4v) is 2.43. The van der Waals surface area contributed by atoms with Gasteiger partial charge in [0.1, 0.15) is 18.2 Å². The summed E-state index contributed by atoms with van der Waals surface area (Å²) in [4.78, 5) is 11.8. The molecule has 0 aliphatic carbocycles. The van der Waals surface area contributed by atoms with Crippen molar-refractivity contribution in [3.05, 3.63) is 63.3 Å². The number of hydrogen-bond donors (Lipinski definition) is 0. The average Bonchev–Trinajstić information content (AvgIpc) is 2.40. The molecule has 0 amide bonds. The summed E-state index contributed by atoms with van der Waals surface area (Å²) in [7, 11) is 0. The number of carbonyl (C=O) groups excluding carboxylic acids is 1. The van der Waals surface area contributed by atoms with Crippen LogP contribution < -0.4 is 4.74 Å². The van der Waals surface area contributed by atoms with Gasteiger partial charge in [0, 0.05) is 11.4 Å². The largest absolute Gasteiger partial charge is 0.485 e. The molecule has 0 spiro atoms. The maximum absolute atomic E-state index is 12.7. The van der Waals surface area contributed by atoms with Crippen LogP contribution in [-0.4, -0.2) is 12.4 Å². The van der Waals surface area contributed by atoms with Crippen molar-refractivity contribution in [1.82, 2.24) is 0 Å². The lowest BCUT2D eigenvalue weighted by atomic mass is 10.1. The predicted octanol–water partition coefficient (Wildman–Crippen LogP) is 4.43. The maximum Gasteiger partial charge on any atom is 0.174 e. The standard InChI is InChI=1S/C15H11BrClFO2/c16-14-8-11(17)3-6-15(14)20-9-13(19)7-10-1-4-12(18)5-2-10/h1-6,8H,7,9H2. The van der Waals surface area contributed by atoms with E-state index in [1.165, 1.54) is 12.1 Å². The van der Waals surface area contributed by atoms with E-state index in [1.54, 1.807) is 30.3 Å². The van der Waals surface area contributed by atoms with E-state index in [2.05, 4.69) is 15.9 Å². The van der Waals surface area contributed by atoms with Gasteiger partial charge in [0.2, 0.25) is 0 Å². The van der Waals surface area contributed by atoms with E-state index in [9.17, 15) is 9.18 Å². The van der Waals surface area contributed by atoms with E-state index in [1.807, 2.05) is 0 Å². The van der Waals surface area contributed by atoms with Crippen LogP contribution in [0.5, 0.6) is 5.75 Å². The number of rotatable bonds is 5. The second-order valence-corrected chi connectivity index (χ2v) is 5.50. The molecule has 2 aromatic rings. The van der Waals surface area contributed by atoms with Crippen molar-refractivity contribution >= 4 is 33.3 Å². The minimum atomic E-state index is -0.317. The molecule has 2 aromatic carbocycles. The molecule has 0 saturated carbocycles. The van der Waals surface area contributed by atoms with Gasteiger partial charge >= 0.3 is 0 Å². The summed E-state index contributed by atoms with van der Waals surface area (Å²) in [5, 5.41) is 0.585. The molecule has 0 aliphatic heterocycles. The van der Waals surface area contributed by atoms with Crippen LogP contribution in [0.4, 0.5) is 4.39 Å². The van der Waals surface area contributed by atoms with Crippen LogP contribution in [-0.2, 0) is 11.2 Å². The number of Topliss-reactive ketones (excluding diaryl/α,β-unsaturated/α-hetero) is 1. The monoisotopic (exact) mass is 356 g/mol. The highest BCUT2D eigenvalue weighted by molar-refractivity contribution is 9.10. The Bertz CT molecular complexity index is 614. The van der Waals surface area contributed by atoms with Crippen LogP contribution in [0.15, 0.2) is 46.9 Å². The zero-order chi connectivity index (χ0) is 14.5. The summed E-state index contributed by atoms with van der Waals surface area (Å²) < 4.78 is 18.9. The van der Waals surface area contributed by atoms with Crippen molar-refractivity contribution in [2.24, 2.45) is 0 Å². The van der Waals surface area contributed by atoms with Crippen molar-refractivity contribution in [1.29, 1.82) is 0 Å². The third kappa shape index (κ3) is 4.32. The summed E-state index contributed by atoms with van der Waals surface area (Å²) in [5.74, 6) is 0.155. The molecule has 0 atom stereocenters. The van der Waals surface area contributed by atoms with E-state index < -0.39 is 0 Å². The molecule has 0 unspecified atom stereocenters. The number of ether oxygens (including phenoxy) is 1. The fraction of sp³-hybridized carbons (Fsp3) is 0.133. The highest BCUT2D eigenvalue weighted by atomic mass is 79.9. The van der Waals surface area contributed by atoms with Crippen molar-refractivity contribution in [3.8, 4) is 5.75 Å². The summed E-state index contributed by atoms with van der Waals surface area (Å²) in [6, 6.07) is 10.9. The molecule has 0 aliphatic rings. The lowest BCUT2D eigenvalue weighted by molar-refractivity contribution is -0.120. The molecule has 5 heteroatoms. The third-order valence-electron chi connectivity index (χ3n) is 2.60. The number of hydrogen-bond acceptors (Lipinski definition) is 2. The average molecular weight is 358 g/mol. The molecule has 0 N–H and O–H groups in total. The Labute approximate surface area is 129 Å². The molecule has 2 rings (SSSR count). The molecule has 0 saturated heterocycles. The molecule has 20 heavy (non-hydrogen) atoms. The molecule has 0 radical (unpaired) electrons. The summed E-state index contributed by atoms with van der Waals surface area (Å²) in [6.45, 7) is -0.0440. The van der Waals surface area contributed by atoms with E-state index in [0.29, 0.717) is 15.2 Å². The zero-order valence-corrected chi connectivity index (χ0v) is 12.7. The van der Waals surface area contributed by atoms with E-state index in [-0.39, 0.29) is 24.6 Å². The van der Waals surface area contributed by atoms with Gasteiger partial charge in [-0.25, -0.2) is 4.39 Å². The normalized spacial score (nSPS) is 10.3. The molecule has 0 fully saturated rings. The summed E-state index contributed by atoms with van der Waals surface area (Å²) in [5.41, 5.74) is 0.759. The number of carbonyl (C=O) groups is 1. The van der Waals surface area contributed by atoms with Gasteiger partial charge in [-0.05, 0) is 51.8 Å². The van der Waals surface area contributed by atoms with Crippen LogP contribution in [0, 0.1) is 5.82 Å². The number of benzene rings is 2. The zero-order valence-electron chi connectivity index (χ0n) is 10.4. The van der Waals surface area contributed by atoms with Gasteiger partial charge in [-0.2, -0.15) is 0 Å². The Kier molecular flexibility index (Phi) is 5.15. The lowest BCUT2D eigenvalue weighted by Crippen LogP contribution is -2.14. The maximum atomic E-state index is 12.7. The van der Waals surface area contributed by atoms with Crippen LogP contribution in [0.25, 0.3) is 0 Å². The van der Waals surface area contributed by atoms with Crippen molar-refractivity contribution in [2.45, 2.75) is 6.42 Å². The van der Waals surface area contributed by atoms with Gasteiger partial charge in [-0.15, -0.1) is 0 Å². The molecule has 0 aromatic heterocycles. The smallest absolute Gasteiger partial charge is 0.174 e. The first kappa shape index (κ1) is 15.0. The van der Waals surface area contributed by atoms with Crippen molar-refractivity contribution in [3.63, 3.8) is 0 Å². The second kappa shape index (κ2) is 6.86. The molecule has 0 bridgehead atoms. The highest BCUT2D eigenvalue weighted by Crippen LogP contribution is 2.27. The van der Waals surface area contributed by atoms with Crippen LogP contribution in [0.3, 0.4) is 0 Å². The minimum absolute atomic E-state index is 0.0440. The first-order chi connectivity index (χ1) is 9.54. The van der Waals surface area contributed by atoms with Gasteiger partial charge in [-0.1, -0.05) is 23.7 Å². The molecular weight excluding hydrogens is 347 g/mol. The summed E-state index contributed by atoms with van der Waals surface area (Å²) >= 11 is 9.13. The van der Waals surface area contributed by atoms with Crippen molar-refractivity contribution in [2.75, 3.05) is 6.61 Å². The Balaban J connectivity index is 1.90. The van der Waals surface area contributed by atoms with Crippen LogP contribution in [0.1, 0.15) is 5.56 Å². The summed E-state index contributed by atoms with van der Waals surface area (Å²) in [6.07, 6.45) is 0.214. The number of ketones is 1. The molecular formula is C15H11BrClFO2. The van der Waals surface area contributed by atoms with E-state index >= 15 is 0 Å². The quantitative estimate of drug-likeness (QED) is 0.791. The van der Waals surface area contributed by atoms with E-state index in [4.69, 9.17) is 16.3 Å². The minimum Gasteiger partial charge on any atom is -0.485 e. The van der Waals surface area contributed by atoms with E-state index in [0.717, 1.165) is 5.56 Å². The first-order valence-corrected chi connectivity index (χ1v) is 7.05. The highest BCUT2D eigenvalue weighted by Gasteiger charge is 2.07. The molecule has 104 valence electrons. The van der Waals surface area contributed by atoms with Gasteiger partial charge in [0.15, 0.2) is 5.78 Å². The predicted molar refractivity (Wildman–Crippen MR) is 79.8 cm³/mol. The fourth-order valence-electron chi connectivity index (χ4n) is 1.63. The van der Waals surface area contributed by atoms with Crippen LogP contribution >= 0.6 is 27.5 Å². The van der Waals surface area contributed by atoms with Gasteiger partial charge in [-0.3, -0.25) is 4.79 Å². The third-order valence-corrected chi connectivity index (χ3v) is 3.45. The Hall–Kier alpha value is -1.39. The van der Waals surface area contributed by atoms with Gasteiger partial charge in [0.25, 0.3) is 0 Å². The molecule has 2 nitrogen and oxygen atoms in total. The Morgan fingerprint density at radius 1 is 1.20 bits per heavy atom. The van der Waals surface area contributed by atoms with Gasteiger partial charge in [0.05, 0.1) is 4.47 Å². The first-order valence-electron chi connectivity index (χ1n) is 5.88. The Morgan fingerprint density at radius 2 is 1.90 bits per heavy atom. The topological polar surface area (TPSA) is 26.3 Å². The lowest BCUT2D eigenvalue weighted by Gasteiger charge is -2.08. The number of halogens is 3. The van der Waals surface area contributed by atoms with Gasteiger partial charge < -0.3 is 4.74 Å². The van der Waals surface area contributed by atoms with Crippen LogP contribution in [0.2, 0.25) is 5.02 Å².